The fourth-order valence-corrected chi connectivity index (χ4v) is 2.12. The van der Waals surface area contributed by atoms with Gasteiger partial charge >= 0.3 is 5.97 Å². The van der Waals surface area contributed by atoms with E-state index in [-0.39, 0.29) is 5.92 Å². The van der Waals surface area contributed by atoms with Crippen molar-refractivity contribution in [3.05, 3.63) is 29.8 Å². The van der Waals surface area contributed by atoms with Crippen LogP contribution in [0.15, 0.2) is 24.3 Å². The zero-order chi connectivity index (χ0) is 13.0. The van der Waals surface area contributed by atoms with Crippen molar-refractivity contribution in [2.75, 3.05) is 20.2 Å². The average Bonchev–Trinajstić information content (AvgIpc) is 3.15. The molecule has 1 aliphatic carbocycles. The first-order valence-corrected chi connectivity index (χ1v) is 6.27. The van der Waals surface area contributed by atoms with Crippen LogP contribution in [-0.2, 0) is 11.2 Å². The quantitative estimate of drug-likeness (QED) is 0.720. The average molecular weight is 249 g/mol. The summed E-state index contributed by atoms with van der Waals surface area (Å²) in [5.41, 5.74) is 1.23. The monoisotopic (exact) mass is 249 g/mol. The van der Waals surface area contributed by atoms with Crippen LogP contribution in [0.3, 0.4) is 0 Å². The summed E-state index contributed by atoms with van der Waals surface area (Å²) >= 11 is 0. The first kappa shape index (κ1) is 12.9. The van der Waals surface area contributed by atoms with Crippen LogP contribution in [0.2, 0.25) is 0 Å². The van der Waals surface area contributed by atoms with Crippen molar-refractivity contribution < 1.29 is 14.6 Å². The van der Waals surface area contributed by atoms with Gasteiger partial charge in [0.1, 0.15) is 5.75 Å². The topological polar surface area (TPSA) is 58.6 Å². The Kier molecular flexibility index (Phi) is 4.20. The van der Waals surface area contributed by atoms with E-state index in [0.29, 0.717) is 5.92 Å². The molecule has 4 nitrogen and oxygen atoms in total. The zero-order valence-electron chi connectivity index (χ0n) is 10.6. The van der Waals surface area contributed by atoms with Crippen molar-refractivity contribution in [1.29, 1.82) is 0 Å². The van der Waals surface area contributed by atoms with Gasteiger partial charge in [-0.3, -0.25) is 4.79 Å². The molecule has 2 rings (SSSR count). The molecule has 0 aromatic heterocycles. The van der Waals surface area contributed by atoms with Crippen LogP contribution in [0.25, 0.3) is 0 Å². The number of hydrogen-bond acceptors (Lipinski definition) is 3. The Morgan fingerprint density at radius 2 is 2.39 bits per heavy atom. The highest BCUT2D eigenvalue weighted by Crippen LogP contribution is 2.37. The molecule has 0 aliphatic heterocycles. The Morgan fingerprint density at radius 3 is 3.06 bits per heavy atom. The number of benzene rings is 1. The third kappa shape index (κ3) is 3.47. The zero-order valence-corrected chi connectivity index (χ0v) is 10.6. The number of carboxylic acids is 1. The summed E-state index contributed by atoms with van der Waals surface area (Å²) in [4.78, 5) is 10.7. The molecule has 4 heteroatoms. The maximum atomic E-state index is 10.7. The van der Waals surface area contributed by atoms with Gasteiger partial charge in [0.25, 0.3) is 0 Å². The van der Waals surface area contributed by atoms with Gasteiger partial charge in [-0.05, 0) is 49.5 Å². The molecule has 0 amide bonds. The van der Waals surface area contributed by atoms with Crippen molar-refractivity contribution in [3.8, 4) is 5.75 Å². The third-order valence-electron chi connectivity index (χ3n) is 3.37. The molecule has 98 valence electrons. The van der Waals surface area contributed by atoms with Crippen LogP contribution in [0.1, 0.15) is 12.0 Å². The van der Waals surface area contributed by atoms with E-state index < -0.39 is 5.97 Å². The molecule has 1 saturated carbocycles. The summed E-state index contributed by atoms with van der Waals surface area (Å²) in [6.45, 7) is 1.68. The predicted molar refractivity (Wildman–Crippen MR) is 68.8 cm³/mol. The molecular formula is C14H19NO3. The number of hydrogen-bond donors (Lipinski definition) is 2. The first-order valence-electron chi connectivity index (χ1n) is 6.27. The molecule has 0 radical (unpaired) electrons. The van der Waals surface area contributed by atoms with Gasteiger partial charge in [0.2, 0.25) is 0 Å². The van der Waals surface area contributed by atoms with Gasteiger partial charge in [0, 0.05) is 0 Å². The van der Waals surface area contributed by atoms with Crippen molar-refractivity contribution in [2.24, 2.45) is 11.8 Å². The van der Waals surface area contributed by atoms with Gasteiger partial charge in [-0.25, -0.2) is 0 Å². The molecule has 1 aromatic rings. The Labute approximate surface area is 107 Å². The summed E-state index contributed by atoms with van der Waals surface area (Å²) in [6, 6.07) is 8.01. The lowest BCUT2D eigenvalue weighted by Gasteiger charge is -2.06. The summed E-state index contributed by atoms with van der Waals surface area (Å²) in [5.74, 6) is 0.428. The fourth-order valence-electron chi connectivity index (χ4n) is 2.12. The molecule has 2 N–H and O–H groups in total. The van der Waals surface area contributed by atoms with E-state index in [1.807, 2.05) is 18.2 Å². The van der Waals surface area contributed by atoms with Crippen LogP contribution in [0, 0.1) is 11.8 Å². The lowest BCUT2D eigenvalue weighted by atomic mass is 10.1. The number of ether oxygens (including phenoxy) is 1. The summed E-state index contributed by atoms with van der Waals surface area (Å²) in [5, 5.41) is 12.1. The van der Waals surface area contributed by atoms with Crippen LogP contribution in [0.5, 0.6) is 5.75 Å². The standard InChI is InChI=1S/C14H19NO3/c1-18-12-4-2-3-10(7-12)5-6-15-9-11-8-13(11)14(16)17/h2-4,7,11,13,15H,5-6,8-9H2,1H3,(H,16,17). The number of nitrogens with one attached hydrogen (secondary N) is 1. The van der Waals surface area contributed by atoms with E-state index in [2.05, 4.69) is 11.4 Å². The summed E-state index contributed by atoms with van der Waals surface area (Å²) in [7, 11) is 1.66. The van der Waals surface area contributed by atoms with Crippen LogP contribution in [-0.4, -0.2) is 31.3 Å². The highest BCUT2D eigenvalue weighted by atomic mass is 16.5. The molecular weight excluding hydrogens is 230 g/mol. The van der Waals surface area contributed by atoms with E-state index in [9.17, 15) is 4.79 Å². The van der Waals surface area contributed by atoms with Crippen LogP contribution >= 0.6 is 0 Å². The predicted octanol–water partition coefficient (Wildman–Crippen LogP) is 1.55. The maximum Gasteiger partial charge on any atom is 0.306 e. The minimum absolute atomic E-state index is 0.116. The minimum atomic E-state index is -0.658. The van der Waals surface area contributed by atoms with Crippen LogP contribution < -0.4 is 10.1 Å². The Morgan fingerprint density at radius 1 is 1.56 bits per heavy atom. The van der Waals surface area contributed by atoms with Gasteiger partial charge in [-0.2, -0.15) is 0 Å². The van der Waals surface area contributed by atoms with Crippen molar-refractivity contribution in [3.63, 3.8) is 0 Å². The van der Waals surface area contributed by atoms with E-state index in [0.717, 1.165) is 31.7 Å². The molecule has 1 aromatic carbocycles. The summed E-state index contributed by atoms with van der Waals surface area (Å²) < 4.78 is 5.16. The number of carboxylic acid groups (broad SMARTS) is 1. The van der Waals surface area contributed by atoms with Gasteiger partial charge in [0.15, 0.2) is 0 Å². The van der Waals surface area contributed by atoms with Crippen molar-refractivity contribution in [1.82, 2.24) is 5.32 Å². The van der Waals surface area contributed by atoms with E-state index in [1.54, 1.807) is 7.11 Å². The number of methoxy groups -OCH3 is 1. The van der Waals surface area contributed by atoms with Gasteiger partial charge in [0.05, 0.1) is 13.0 Å². The second-order valence-corrected chi connectivity index (χ2v) is 4.75. The molecule has 0 heterocycles. The number of rotatable bonds is 7. The second kappa shape index (κ2) is 5.87. The number of carbonyl (C=O) groups is 1. The molecule has 1 aliphatic rings. The molecule has 2 atom stereocenters. The van der Waals surface area contributed by atoms with Gasteiger partial charge in [-0.15, -0.1) is 0 Å². The Bertz CT molecular complexity index is 419. The molecule has 0 saturated heterocycles. The molecule has 18 heavy (non-hydrogen) atoms. The van der Waals surface area contributed by atoms with Gasteiger partial charge < -0.3 is 15.2 Å². The molecule has 0 bridgehead atoms. The highest BCUT2D eigenvalue weighted by molar-refractivity contribution is 5.73. The second-order valence-electron chi connectivity index (χ2n) is 4.75. The lowest BCUT2D eigenvalue weighted by molar-refractivity contribution is -0.138. The largest absolute Gasteiger partial charge is 0.497 e. The Balaban J connectivity index is 1.65. The van der Waals surface area contributed by atoms with E-state index in [4.69, 9.17) is 9.84 Å². The fraction of sp³-hybridized carbons (Fsp3) is 0.500. The Hall–Kier alpha value is -1.55. The van der Waals surface area contributed by atoms with E-state index >= 15 is 0 Å². The van der Waals surface area contributed by atoms with Gasteiger partial charge in [-0.1, -0.05) is 12.1 Å². The van der Waals surface area contributed by atoms with Crippen molar-refractivity contribution >= 4 is 5.97 Å². The first-order chi connectivity index (χ1) is 8.70. The minimum Gasteiger partial charge on any atom is -0.497 e. The third-order valence-corrected chi connectivity index (χ3v) is 3.37. The summed E-state index contributed by atoms with van der Waals surface area (Å²) in [6.07, 6.45) is 1.75. The molecule has 1 fully saturated rings. The lowest BCUT2D eigenvalue weighted by Crippen LogP contribution is -2.21. The van der Waals surface area contributed by atoms with Crippen LogP contribution in [0.4, 0.5) is 0 Å². The SMILES string of the molecule is COc1cccc(CCNCC2CC2C(=O)O)c1. The van der Waals surface area contributed by atoms with Crippen molar-refractivity contribution in [2.45, 2.75) is 12.8 Å². The smallest absolute Gasteiger partial charge is 0.306 e. The van der Waals surface area contributed by atoms with E-state index in [1.165, 1.54) is 5.56 Å². The molecule has 2 unspecified atom stereocenters. The molecule has 0 spiro atoms. The highest BCUT2D eigenvalue weighted by Gasteiger charge is 2.42. The normalized spacial score (nSPS) is 21.6. The number of aliphatic carboxylic acids is 1. The maximum absolute atomic E-state index is 10.7.